The van der Waals surface area contributed by atoms with Crippen molar-refractivity contribution >= 4 is 34.2 Å². The van der Waals surface area contributed by atoms with E-state index < -0.39 is 11.3 Å². The minimum Gasteiger partial charge on any atom is -0.354 e. The summed E-state index contributed by atoms with van der Waals surface area (Å²) in [5.74, 6) is 1.38. The Kier molecular flexibility index (Phi) is 5.15. The van der Waals surface area contributed by atoms with Gasteiger partial charge >= 0.3 is 0 Å². The first-order chi connectivity index (χ1) is 12.5. The lowest BCUT2D eigenvalue weighted by atomic mass is 9.94. The summed E-state index contributed by atoms with van der Waals surface area (Å²) in [5.41, 5.74) is 5.17. The molecule has 0 amide bonds. The third-order valence-corrected chi connectivity index (χ3v) is 6.23. The molecule has 26 heavy (non-hydrogen) atoms. The van der Waals surface area contributed by atoms with Crippen LogP contribution in [0.4, 0.5) is 5.82 Å². The second kappa shape index (κ2) is 7.40. The van der Waals surface area contributed by atoms with Crippen molar-refractivity contribution in [3.05, 3.63) is 23.1 Å². The fraction of sp³-hybridized carbons (Fsp3) is 0.625. The normalized spacial score (nSPS) is 19.8. The molecule has 1 aliphatic heterocycles. The number of hydrazine groups is 1. The zero-order valence-corrected chi connectivity index (χ0v) is 16.2. The van der Waals surface area contributed by atoms with E-state index in [0.717, 1.165) is 49.2 Å². The molecule has 0 bridgehead atoms. The molecule has 2 N–H and O–H groups in total. The predicted molar refractivity (Wildman–Crippen MR) is 101 cm³/mol. The highest BCUT2D eigenvalue weighted by Crippen LogP contribution is 2.32. The van der Waals surface area contributed by atoms with Crippen molar-refractivity contribution in [3.63, 3.8) is 0 Å². The quantitative estimate of drug-likeness (QED) is 0.548. The Morgan fingerprint density at radius 3 is 2.88 bits per heavy atom. The van der Waals surface area contributed by atoms with Crippen molar-refractivity contribution in [3.8, 4) is 0 Å². The van der Waals surface area contributed by atoms with Crippen molar-refractivity contribution in [1.82, 2.24) is 24.4 Å². The van der Waals surface area contributed by atoms with Gasteiger partial charge in [-0.3, -0.25) is 4.55 Å². The smallest absolute Gasteiger partial charge is 0.248 e. The van der Waals surface area contributed by atoms with Crippen LogP contribution in [-0.4, -0.2) is 53.5 Å². The molecular weight excluding hydrogens is 376 g/mol. The number of hydrogen-bond donors (Lipinski definition) is 2. The van der Waals surface area contributed by atoms with Crippen molar-refractivity contribution in [2.75, 3.05) is 24.5 Å². The molecule has 2 aliphatic rings. The Morgan fingerprint density at radius 1 is 1.46 bits per heavy atom. The largest absolute Gasteiger partial charge is 0.354 e. The Balaban J connectivity index is 1.35. The van der Waals surface area contributed by atoms with E-state index in [9.17, 15) is 8.76 Å². The topological polar surface area (TPSA) is 86.0 Å². The van der Waals surface area contributed by atoms with Crippen molar-refractivity contribution in [2.45, 2.75) is 38.6 Å². The van der Waals surface area contributed by atoms with Gasteiger partial charge in [-0.1, -0.05) is 18.0 Å². The van der Waals surface area contributed by atoms with Crippen LogP contribution in [0.15, 0.2) is 12.4 Å². The van der Waals surface area contributed by atoms with E-state index in [-0.39, 0.29) is 0 Å². The highest BCUT2D eigenvalue weighted by atomic mass is 35.5. The lowest BCUT2D eigenvalue weighted by Gasteiger charge is -2.41. The molecule has 3 heterocycles. The molecule has 1 saturated heterocycles. The van der Waals surface area contributed by atoms with Crippen molar-refractivity contribution in [1.29, 1.82) is 0 Å². The lowest BCUT2D eigenvalue weighted by molar-refractivity contribution is 0.192. The standard InChI is InChI=1S/C16H23ClN6O2S/c1-11-7-14(17)23-15(11)16(18-10-19-23)21-8-12(9-21)5-6-22(26(24)25)20-13-3-2-4-13/h7,10,12-13,20H,2-6,8-9H2,1H3,(H,24,25). The molecule has 1 saturated carbocycles. The van der Waals surface area contributed by atoms with Crippen LogP contribution in [0.3, 0.4) is 0 Å². The molecule has 0 radical (unpaired) electrons. The van der Waals surface area contributed by atoms with Crippen LogP contribution in [0.5, 0.6) is 0 Å². The zero-order valence-electron chi connectivity index (χ0n) is 14.6. The van der Waals surface area contributed by atoms with Gasteiger partial charge in [0.1, 0.15) is 17.0 Å². The van der Waals surface area contributed by atoms with Gasteiger partial charge in [-0.2, -0.15) is 5.10 Å². The minimum absolute atomic E-state index is 0.348. The van der Waals surface area contributed by atoms with E-state index in [1.165, 1.54) is 17.2 Å². The molecule has 2 fully saturated rings. The molecule has 0 spiro atoms. The van der Waals surface area contributed by atoms with Gasteiger partial charge in [-0.25, -0.2) is 19.1 Å². The Hall–Kier alpha value is -1.26. The summed E-state index contributed by atoms with van der Waals surface area (Å²) in [6.07, 6.45) is 5.74. The highest BCUT2D eigenvalue weighted by molar-refractivity contribution is 7.76. The molecular formula is C16H23ClN6O2S. The Bertz CT molecular complexity index is 820. The number of aromatic nitrogens is 3. The second-order valence-electron chi connectivity index (χ2n) is 7.14. The van der Waals surface area contributed by atoms with E-state index in [2.05, 4.69) is 20.4 Å². The maximum Gasteiger partial charge on any atom is 0.248 e. The molecule has 1 unspecified atom stereocenters. The molecule has 10 heteroatoms. The molecule has 2 aromatic rings. The van der Waals surface area contributed by atoms with Gasteiger partial charge in [0.15, 0.2) is 5.82 Å². The third-order valence-electron chi connectivity index (χ3n) is 5.30. The zero-order chi connectivity index (χ0) is 18.3. The minimum atomic E-state index is -1.98. The van der Waals surface area contributed by atoms with Crippen LogP contribution < -0.4 is 10.3 Å². The van der Waals surface area contributed by atoms with Gasteiger partial charge in [0.25, 0.3) is 0 Å². The van der Waals surface area contributed by atoms with Gasteiger partial charge in [-0.15, -0.1) is 4.41 Å². The summed E-state index contributed by atoms with van der Waals surface area (Å²) >= 11 is 4.23. The summed E-state index contributed by atoms with van der Waals surface area (Å²) in [6.45, 7) is 4.33. The number of nitrogens with zero attached hydrogens (tertiary/aromatic N) is 5. The van der Waals surface area contributed by atoms with E-state index in [4.69, 9.17) is 11.6 Å². The fourth-order valence-electron chi connectivity index (χ4n) is 3.54. The maximum absolute atomic E-state index is 11.5. The number of fused-ring (bicyclic) bond motifs is 1. The molecule has 1 atom stereocenters. The van der Waals surface area contributed by atoms with Crippen LogP contribution in [0.2, 0.25) is 5.15 Å². The number of anilines is 1. The van der Waals surface area contributed by atoms with Gasteiger partial charge in [0.05, 0.1) is 0 Å². The number of hydrogen-bond acceptors (Lipinski definition) is 5. The second-order valence-corrected chi connectivity index (χ2v) is 8.43. The summed E-state index contributed by atoms with van der Waals surface area (Å²) in [6, 6.07) is 2.24. The highest BCUT2D eigenvalue weighted by Gasteiger charge is 2.31. The Morgan fingerprint density at radius 2 is 2.23 bits per heavy atom. The van der Waals surface area contributed by atoms with Crippen LogP contribution in [-0.2, 0) is 11.3 Å². The van der Waals surface area contributed by atoms with Gasteiger partial charge < -0.3 is 4.90 Å². The van der Waals surface area contributed by atoms with Crippen molar-refractivity contribution < 1.29 is 8.76 Å². The fourth-order valence-corrected chi connectivity index (χ4v) is 4.34. The SMILES string of the molecule is Cc1cc(Cl)n2ncnc(N3CC(CCN(NC4CCC4)S(=O)O)C3)c12. The van der Waals surface area contributed by atoms with Gasteiger partial charge in [0, 0.05) is 25.7 Å². The Labute approximate surface area is 159 Å². The predicted octanol–water partition coefficient (Wildman–Crippen LogP) is 2.01. The van der Waals surface area contributed by atoms with Crippen LogP contribution in [0, 0.1) is 12.8 Å². The third kappa shape index (κ3) is 3.46. The summed E-state index contributed by atoms with van der Waals surface area (Å²) in [7, 11) is 0. The molecule has 0 aromatic carbocycles. The average Bonchev–Trinajstić information content (AvgIpc) is 2.82. The van der Waals surface area contributed by atoms with E-state index >= 15 is 0 Å². The lowest BCUT2D eigenvalue weighted by Crippen LogP contribution is -2.52. The molecule has 2 aromatic heterocycles. The number of halogens is 1. The molecule has 4 rings (SSSR count). The number of aryl methyl sites for hydroxylation is 1. The van der Waals surface area contributed by atoms with Crippen LogP contribution >= 0.6 is 11.6 Å². The van der Waals surface area contributed by atoms with E-state index in [1.54, 1.807) is 4.52 Å². The van der Waals surface area contributed by atoms with E-state index in [1.807, 2.05) is 13.0 Å². The molecule has 8 nitrogen and oxygen atoms in total. The summed E-state index contributed by atoms with van der Waals surface area (Å²) in [5, 5.41) is 4.80. The van der Waals surface area contributed by atoms with E-state index in [0.29, 0.717) is 23.7 Å². The molecule has 1 aliphatic carbocycles. The monoisotopic (exact) mass is 398 g/mol. The summed E-state index contributed by atoms with van der Waals surface area (Å²) < 4.78 is 24.1. The number of nitrogens with one attached hydrogen (secondary N) is 1. The number of rotatable bonds is 7. The summed E-state index contributed by atoms with van der Waals surface area (Å²) in [4.78, 5) is 6.66. The first-order valence-electron chi connectivity index (χ1n) is 8.91. The van der Waals surface area contributed by atoms with Gasteiger partial charge in [0.2, 0.25) is 11.3 Å². The van der Waals surface area contributed by atoms with Crippen LogP contribution in [0.1, 0.15) is 31.2 Å². The average molecular weight is 399 g/mol. The first-order valence-corrected chi connectivity index (χ1v) is 10.4. The maximum atomic E-state index is 11.5. The molecule has 142 valence electrons. The van der Waals surface area contributed by atoms with Gasteiger partial charge in [-0.05, 0) is 43.7 Å². The first kappa shape index (κ1) is 18.1. The van der Waals surface area contributed by atoms with Crippen molar-refractivity contribution in [2.24, 2.45) is 5.92 Å². The van der Waals surface area contributed by atoms with Crippen LogP contribution in [0.25, 0.3) is 5.52 Å².